The number of hydrogen-bond acceptors (Lipinski definition) is 12. The third-order valence-corrected chi connectivity index (χ3v) is 14.6. The van der Waals surface area contributed by atoms with Gasteiger partial charge in [0.05, 0.1) is 67.6 Å². The quantitative estimate of drug-likeness (QED) is 0.145. The van der Waals surface area contributed by atoms with Gasteiger partial charge in [-0.3, -0.25) is 4.79 Å². The topological polar surface area (TPSA) is 141 Å². The van der Waals surface area contributed by atoms with E-state index in [1.807, 2.05) is 0 Å². The highest BCUT2D eigenvalue weighted by atomic mass is 127. The van der Waals surface area contributed by atoms with Crippen molar-refractivity contribution in [3.05, 3.63) is 24.3 Å². The zero-order valence-corrected chi connectivity index (χ0v) is 33.5. The number of aliphatic hydroxyl groups excluding tert-OH is 2. The van der Waals surface area contributed by atoms with Crippen molar-refractivity contribution in [3.8, 4) is 0 Å². The average molecular weight is 859 g/mol. The second-order valence-electron chi connectivity index (χ2n) is 17.0. The maximum Gasteiger partial charge on any atom is 0.172 e. The number of ketones is 1. The SMILES string of the molecule is C=C1C[C@H](CC[C@]23C[C@H]4O[C@H]5[C@@H](O2)[C@H]2O[C@H](CC(=O)C[C@@H]6[C@@H](OC)[C@@H](C[C@H](O)CO)O[C@H]6C[C@H]6O[C@@H](CC)C[C@@H](C)C6=C)CC[C@@H]2O[C@H]5[C@@H]4O3)O[C@H]1I. The first kappa shape index (κ1) is 39.3. The number of rotatable bonds is 14. The molecule has 2 N–H and O–H groups in total. The van der Waals surface area contributed by atoms with E-state index in [2.05, 4.69) is 49.6 Å². The molecule has 9 aliphatic heterocycles. The van der Waals surface area contributed by atoms with Crippen molar-refractivity contribution in [2.75, 3.05) is 13.7 Å². The molecular weight excluding hydrogens is 799 g/mol. The van der Waals surface area contributed by atoms with E-state index in [9.17, 15) is 15.0 Å². The van der Waals surface area contributed by atoms with Gasteiger partial charge in [0.1, 0.15) is 40.4 Å². The second-order valence-corrected chi connectivity index (χ2v) is 18.2. The van der Waals surface area contributed by atoms with Gasteiger partial charge in [0.2, 0.25) is 0 Å². The van der Waals surface area contributed by atoms with Crippen molar-refractivity contribution in [3.63, 3.8) is 0 Å². The molecule has 0 aromatic rings. The van der Waals surface area contributed by atoms with Crippen LogP contribution in [0.4, 0.5) is 0 Å². The first-order chi connectivity index (χ1) is 25.5. The minimum atomic E-state index is -0.945. The molecule has 19 atom stereocenters. The molecule has 298 valence electrons. The van der Waals surface area contributed by atoms with Gasteiger partial charge in [-0.1, -0.05) is 27.0 Å². The van der Waals surface area contributed by atoms with Gasteiger partial charge < -0.3 is 52.8 Å². The summed E-state index contributed by atoms with van der Waals surface area (Å²) in [5, 5.41) is 20.0. The number of aliphatic hydroxyl groups is 2. The maximum absolute atomic E-state index is 14.0. The zero-order chi connectivity index (χ0) is 37.2. The van der Waals surface area contributed by atoms with Crippen LogP contribution in [-0.2, 0) is 47.4 Å². The summed E-state index contributed by atoms with van der Waals surface area (Å²) in [6, 6.07) is 0. The van der Waals surface area contributed by atoms with E-state index < -0.39 is 24.1 Å². The second kappa shape index (κ2) is 16.0. The van der Waals surface area contributed by atoms with Crippen LogP contribution in [-0.4, -0.2) is 131 Å². The molecule has 13 heteroatoms. The smallest absolute Gasteiger partial charge is 0.172 e. The summed E-state index contributed by atoms with van der Waals surface area (Å²) in [5.74, 6) is -0.638. The van der Waals surface area contributed by atoms with E-state index in [1.54, 1.807) is 7.11 Å². The molecule has 9 heterocycles. The number of methoxy groups -OCH3 is 1. The van der Waals surface area contributed by atoms with Gasteiger partial charge in [-0.2, -0.15) is 0 Å². The summed E-state index contributed by atoms with van der Waals surface area (Å²) in [6.45, 7) is 12.5. The molecule has 9 saturated heterocycles. The van der Waals surface area contributed by atoms with Gasteiger partial charge >= 0.3 is 0 Å². The van der Waals surface area contributed by atoms with Crippen LogP contribution in [0.3, 0.4) is 0 Å². The Hall–Kier alpha value is -0.560. The molecule has 0 unspecified atom stereocenters. The lowest BCUT2D eigenvalue weighted by molar-refractivity contribution is -0.292. The third kappa shape index (κ3) is 7.74. The number of fused-ring (bicyclic) bond motifs is 1. The van der Waals surface area contributed by atoms with E-state index >= 15 is 0 Å². The number of carbonyl (C=O) groups excluding carboxylic acids is 1. The number of ether oxygens (including phenoxy) is 9. The Balaban J connectivity index is 0.931. The Morgan fingerprint density at radius 2 is 1.72 bits per heavy atom. The Morgan fingerprint density at radius 1 is 0.943 bits per heavy atom. The molecule has 0 aliphatic carbocycles. The summed E-state index contributed by atoms with van der Waals surface area (Å²) >= 11 is 2.29. The fourth-order valence-electron chi connectivity index (χ4n) is 10.6. The highest BCUT2D eigenvalue weighted by Crippen LogP contribution is 2.54. The van der Waals surface area contributed by atoms with Crippen molar-refractivity contribution in [2.45, 2.75) is 192 Å². The van der Waals surface area contributed by atoms with Crippen molar-refractivity contribution in [1.29, 1.82) is 0 Å². The maximum atomic E-state index is 14.0. The minimum Gasteiger partial charge on any atom is -0.394 e. The van der Waals surface area contributed by atoms with Gasteiger partial charge in [-0.15, -0.1) is 0 Å². The van der Waals surface area contributed by atoms with E-state index in [0.29, 0.717) is 31.6 Å². The molecule has 9 fully saturated rings. The van der Waals surface area contributed by atoms with Crippen LogP contribution < -0.4 is 0 Å². The predicted octanol–water partition coefficient (Wildman–Crippen LogP) is 4.48. The third-order valence-electron chi connectivity index (χ3n) is 13.4. The molecule has 53 heavy (non-hydrogen) atoms. The molecule has 0 amide bonds. The Kier molecular flexibility index (Phi) is 11.9. The molecule has 12 nitrogen and oxygen atoms in total. The van der Waals surface area contributed by atoms with Crippen molar-refractivity contribution < 1.29 is 57.6 Å². The van der Waals surface area contributed by atoms with Crippen LogP contribution in [0.25, 0.3) is 0 Å². The standard InChI is InChI=1S/C40H59IO12/c1-6-24-11-19(2)21(4)29(46-24)16-30-27(33(45-5)31(49-30)15-23(44)18-42)14-22(43)13-25-7-8-28-34(47-25)38-37-36(50-28)35-32(51-37)17-40(52-35,53-38)10-9-26-12-20(3)39(41)48-26/h19,23-39,42,44H,3-4,6-18H2,1-2,5H3/t19-,23+,24+,25+,26+,27+,28+,29-,30+,31-,32-,33-,34+,35-,36+,37-,38+,39-,40-/m1/s1. The number of hydrogen-bond donors (Lipinski definition) is 2. The van der Waals surface area contributed by atoms with Gasteiger partial charge in [-0.25, -0.2) is 0 Å². The van der Waals surface area contributed by atoms with Crippen LogP contribution in [0.1, 0.15) is 90.9 Å². The molecule has 0 radical (unpaired) electrons. The number of Topliss-reactive ketones (excluding diaryl/α,β-unsaturated/α-hetero) is 1. The van der Waals surface area contributed by atoms with Crippen molar-refractivity contribution in [2.24, 2.45) is 11.8 Å². The molecular formula is C40H59IO12. The van der Waals surface area contributed by atoms with Gasteiger partial charge in [0, 0.05) is 51.6 Å². The summed E-state index contributed by atoms with van der Waals surface area (Å²) in [4.78, 5) is 14.0. The summed E-state index contributed by atoms with van der Waals surface area (Å²) in [6.07, 6.45) is 3.60. The summed E-state index contributed by atoms with van der Waals surface area (Å²) < 4.78 is 58.8. The normalized spacial score (nSPS) is 49.4. The molecule has 6 bridgehead atoms. The van der Waals surface area contributed by atoms with Gasteiger partial charge in [0.25, 0.3) is 0 Å². The van der Waals surface area contributed by atoms with E-state index in [4.69, 9.17) is 42.6 Å². The highest BCUT2D eigenvalue weighted by molar-refractivity contribution is 14.1. The monoisotopic (exact) mass is 858 g/mol. The van der Waals surface area contributed by atoms with Crippen LogP contribution in [0.15, 0.2) is 24.3 Å². The lowest BCUT2D eigenvalue weighted by Crippen LogP contribution is -2.61. The lowest BCUT2D eigenvalue weighted by Gasteiger charge is -2.47. The average Bonchev–Trinajstić information content (AvgIpc) is 3.80. The first-order valence-electron chi connectivity index (χ1n) is 20.1. The van der Waals surface area contributed by atoms with Crippen LogP contribution in [0.2, 0.25) is 0 Å². The molecule has 0 saturated carbocycles. The number of carbonyl (C=O) groups is 1. The Morgan fingerprint density at radius 3 is 2.45 bits per heavy atom. The van der Waals surface area contributed by atoms with E-state index in [1.165, 1.54) is 0 Å². The van der Waals surface area contributed by atoms with Crippen LogP contribution in [0.5, 0.6) is 0 Å². The highest BCUT2D eigenvalue weighted by Gasteiger charge is 2.68. The van der Waals surface area contributed by atoms with Crippen LogP contribution in [0, 0.1) is 11.8 Å². The number of halogens is 1. The van der Waals surface area contributed by atoms with Gasteiger partial charge in [0.15, 0.2) is 5.79 Å². The van der Waals surface area contributed by atoms with Crippen LogP contribution >= 0.6 is 22.6 Å². The van der Waals surface area contributed by atoms with E-state index in [-0.39, 0.29) is 115 Å². The van der Waals surface area contributed by atoms with Crippen molar-refractivity contribution >= 4 is 28.4 Å². The fourth-order valence-corrected chi connectivity index (χ4v) is 11.3. The molecule has 0 aromatic heterocycles. The lowest BCUT2D eigenvalue weighted by atomic mass is 9.81. The fraction of sp³-hybridized carbons (Fsp3) is 0.875. The minimum absolute atomic E-state index is 0.0403. The predicted molar refractivity (Wildman–Crippen MR) is 199 cm³/mol. The Bertz CT molecular complexity index is 1360. The first-order valence-corrected chi connectivity index (χ1v) is 21.3. The molecule has 0 spiro atoms. The molecule has 9 aliphatic rings. The zero-order valence-electron chi connectivity index (χ0n) is 31.4. The van der Waals surface area contributed by atoms with E-state index in [0.717, 1.165) is 43.3 Å². The summed E-state index contributed by atoms with van der Waals surface area (Å²) in [7, 11) is 1.62. The molecule has 9 rings (SSSR count). The van der Waals surface area contributed by atoms with Gasteiger partial charge in [-0.05, 0) is 78.2 Å². The number of alkyl halides is 1. The molecule has 0 aromatic carbocycles. The Labute approximate surface area is 327 Å². The van der Waals surface area contributed by atoms with Crippen molar-refractivity contribution in [1.82, 2.24) is 0 Å². The largest absolute Gasteiger partial charge is 0.394 e. The summed E-state index contributed by atoms with van der Waals surface area (Å²) in [5.41, 5.74) is 2.17.